The lowest BCUT2D eigenvalue weighted by molar-refractivity contribution is -0.131. The monoisotopic (exact) mass is 710 g/mol. The normalized spacial score (nSPS) is 20.8. The maximum absolute atomic E-state index is 17.0. The molecule has 51 heavy (non-hydrogen) atoms. The van der Waals surface area contributed by atoms with E-state index in [1.54, 1.807) is 28.6 Å². The van der Waals surface area contributed by atoms with E-state index in [1.807, 2.05) is 11.9 Å². The summed E-state index contributed by atoms with van der Waals surface area (Å²) in [5, 5.41) is 13.9. The van der Waals surface area contributed by atoms with Gasteiger partial charge >= 0.3 is 6.01 Å². The van der Waals surface area contributed by atoms with Gasteiger partial charge in [0.1, 0.15) is 34.5 Å². The highest BCUT2D eigenvalue weighted by atomic mass is 32.1. The van der Waals surface area contributed by atoms with Gasteiger partial charge in [-0.2, -0.15) is 9.97 Å². The van der Waals surface area contributed by atoms with Crippen molar-refractivity contribution in [2.75, 3.05) is 38.2 Å². The molecule has 2 bridgehead atoms. The van der Waals surface area contributed by atoms with Gasteiger partial charge in [0.15, 0.2) is 11.6 Å². The van der Waals surface area contributed by atoms with E-state index in [2.05, 4.69) is 20.8 Å². The van der Waals surface area contributed by atoms with Crippen LogP contribution in [-0.4, -0.2) is 87.2 Å². The standard InChI is InChI=1S/C38H33F3N6O3S/c1-3-26-30(39)11-6-21-15-25(48)16-29(33(21)26)27-9-10-28-35(34(27)41)43-38(50-20-24-5-4-13-45(24)2)44-36(28)46-18-22-7-8-23(19-46)47(22)37(49)31(40)17-32-42-12-14-51-32/h1,6,9-12,14-17,22-24,48H,4-5,7-8,13,18-20H2,2H3/b31-17-/t22?,23?,24-/m0/s1. The van der Waals surface area contributed by atoms with Crippen molar-refractivity contribution < 1.29 is 27.8 Å². The molecule has 5 aromatic rings. The molecule has 0 spiro atoms. The van der Waals surface area contributed by atoms with Gasteiger partial charge in [0, 0.05) is 53.1 Å². The van der Waals surface area contributed by atoms with E-state index in [0.29, 0.717) is 54.1 Å². The van der Waals surface area contributed by atoms with Crippen LogP contribution in [0.1, 0.15) is 36.3 Å². The maximum Gasteiger partial charge on any atom is 0.319 e. The minimum absolute atomic E-state index is 0.00625. The number of carbonyl (C=O) groups is 1. The lowest BCUT2D eigenvalue weighted by Gasteiger charge is -2.41. The van der Waals surface area contributed by atoms with Crippen LogP contribution in [0.2, 0.25) is 0 Å². The predicted octanol–water partition coefficient (Wildman–Crippen LogP) is 6.53. The van der Waals surface area contributed by atoms with Gasteiger partial charge in [-0.15, -0.1) is 17.8 Å². The van der Waals surface area contributed by atoms with Crippen LogP contribution < -0.4 is 9.64 Å². The molecule has 2 aromatic heterocycles. The Morgan fingerprint density at radius 3 is 2.63 bits per heavy atom. The van der Waals surface area contributed by atoms with E-state index in [9.17, 15) is 14.3 Å². The number of likely N-dealkylation sites (tertiary alicyclic amines) is 1. The summed E-state index contributed by atoms with van der Waals surface area (Å²) in [6, 6.07) is 8.30. The number of phenols is 1. The van der Waals surface area contributed by atoms with Crippen LogP contribution in [0.4, 0.5) is 19.0 Å². The van der Waals surface area contributed by atoms with Crippen LogP contribution in [0, 0.1) is 24.0 Å². The van der Waals surface area contributed by atoms with Crippen LogP contribution in [0.5, 0.6) is 11.8 Å². The Morgan fingerprint density at radius 2 is 1.92 bits per heavy atom. The minimum atomic E-state index is -0.864. The maximum atomic E-state index is 17.0. The molecule has 260 valence electrons. The van der Waals surface area contributed by atoms with Crippen molar-refractivity contribution in [3.63, 3.8) is 0 Å². The molecule has 3 atom stereocenters. The van der Waals surface area contributed by atoms with Crippen LogP contribution in [-0.2, 0) is 4.79 Å². The molecule has 1 N–H and O–H groups in total. The number of hydrogen-bond donors (Lipinski definition) is 1. The summed E-state index contributed by atoms with van der Waals surface area (Å²) in [5.41, 5.74) is 0.210. The first-order chi connectivity index (χ1) is 24.7. The lowest BCUT2D eigenvalue weighted by Crippen LogP contribution is -2.56. The minimum Gasteiger partial charge on any atom is -0.508 e. The second-order valence-corrected chi connectivity index (χ2v) is 14.2. The van der Waals surface area contributed by atoms with E-state index >= 15 is 8.78 Å². The number of ether oxygens (including phenoxy) is 1. The van der Waals surface area contributed by atoms with Gasteiger partial charge < -0.3 is 24.5 Å². The van der Waals surface area contributed by atoms with Gasteiger partial charge in [0.2, 0.25) is 0 Å². The highest BCUT2D eigenvalue weighted by Gasteiger charge is 2.44. The van der Waals surface area contributed by atoms with Crippen LogP contribution in [0.25, 0.3) is 38.9 Å². The van der Waals surface area contributed by atoms with Gasteiger partial charge in [-0.3, -0.25) is 4.79 Å². The third kappa shape index (κ3) is 5.92. The smallest absolute Gasteiger partial charge is 0.319 e. The number of fused-ring (bicyclic) bond motifs is 4. The second-order valence-electron chi connectivity index (χ2n) is 13.3. The van der Waals surface area contributed by atoms with Crippen LogP contribution >= 0.6 is 11.3 Å². The van der Waals surface area contributed by atoms with Crippen LogP contribution in [0.15, 0.2) is 53.8 Å². The molecule has 9 nitrogen and oxygen atoms in total. The average Bonchev–Trinajstić information content (AvgIpc) is 3.85. The molecule has 13 heteroatoms. The molecule has 5 heterocycles. The number of aromatic nitrogens is 3. The Labute approximate surface area is 296 Å². The number of hydrogen-bond acceptors (Lipinski definition) is 9. The van der Waals surface area contributed by atoms with E-state index < -0.39 is 23.4 Å². The Bertz CT molecular complexity index is 2240. The molecular weight excluding hydrogens is 678 g/mol. The first-order valence-corrected chi connectivity index (χ1v) is 17.7. The molecular formula is C38H33F3N6O3S. The second kappa shape index (κ2) is 13.2. The number of piperazine rings is 1. The topological polar surface area (TPSA) is 94.9 Å². The van der Waals surface area contributed by atoms with Crippen LogP contribution in [0.3, 0.4) is 0 Å². The van der Waals surface area contributed by atoms with Gasteiger partial charge in [-0.05, 0) is 74.5 Å². The van der Waals surface area contributed by atoms with E-state index in [1.165, 1.54) is 41.7 Å². The van der Waals surface area contributed by atoms with Gasteiger partial charge in [-0.1, -0.05) is 18.1 Å². The summed E-state index contributed by atoms with van der Waals surface area (Å²) in [6.07, 6.45) is 11.8. The fourth-order valence-electron chi connectivity index (χ4n) is 7.79. The molecule has 3 fully saturated rings. The number of likely N-dealkylation sites (N-methyl/N-ethyl adjacent to an activating group) is 1. The number of anilines is 1. The molecule has 0 radical (unpaired) electrons. The summed E-state index contributed by atoms with van der Waals surface area (Å²) in [7, 11) is 2.03. The molecule has 1 amide bonds. The third-order valence-corrected chi connectivity index (χ3v) is 11.0. The summed E-state index contributed by atoms with van der Waals surface area (Å²) in [5.74, 6) is -0.220. The van der Waals surface area contributed by atoms with Crippen molar-refractivity contribution >= 4 is 50.8 Å². The lowest BCUT2D eigenvalue weighted by atomic mass is 9.93. The summed E-state index contributed by atoms with van der Waals surface area (Å²) in [6.45, 7) is 1.94. The molecule has 3 aromatic carbocycles. The summed E-state index contributed by atoms with van der Waals surface area (Å²) in [4.78, 5) is 32.5. The fraction of sp³-hybridized carbons (Fsp3) is 0.316. The number of carbonyl (C=O) groups excluding carboxylic acids is 1. The number of nitrogens with zero attached hydrogens (tertiary/aromatic N) is 6. The Hall–Kier alpha value is -5.19. The van der Waals surface area contributed by atoms with Crippen molar-refractivity contribution in [2.45, 2.75) is 43.8 Å². The highest BCUT2D eigenvalue weighted by Crippen LogP contribution is 2.41. The Balaban J connectivity index is 1.20. The zero-order chi connectivity index (χ0) is 35.4. The zero-order valence-electron chi connectivity index (χ0n) is 27.7. The van der Waals surface area contributed by atoms with Crippen molar-refractivity contribution in [3.8, 4) is 35.2 Å². The number of halogens is 3. The molecule has 3 aliphatic heterocycles. The summed E-state index contributed by atoms with van der Waals surface area (Å²) >= 11 is 1.25. The Morgan fingerprint density at radius 1 is 1.12 bits per heavy atom. The third-order valence-electron chi connectivity index (χ3n) is 10.3. The Kier molecular flexibility index (Phi) is 8.52. The van der Waals surface area contributed by atoms with Crippen molar-refractivity contribution in [1.29, 1.82) is 0 Å². The van der Waals surface area contributed by atoms with Gasteiger partial charge in [0.05, 0.1) is 17.6 Å². The summed E-state index contributed by atoms with van der Waals surface area (Å²) < 4.78 is 53.2. The van der Waals surface area contributed by atoms with Gasteiger partial charge in [0.25, 0.3) is 5.91 Å². The molecule has 0 aliphatic carbocycles. The first kappa shape index (κ1) is 33.0. The average molecular weight is 711 g/mol. The van der Waals surface area contributed by atoms with Crippen molar-refractivity contribution in [2.24, 2.45) is 0 Å². The number of terminal acetylenes is 1. The molecule has 2 unspecified atom stereocenters. The fourth-order valence-corrected chi connectivity index (χ4v) is 8.34. The van der Waals surface area contributed by atoms with E-state index in [4.69, 9.17) is 16.1 Å². The number of amides is 1. The number of aromatic hydroxyl groups is 1. The molecule has 3 aliphatic rings. The molecule has 0 saturated carbocycles. The largest absolute Gasteiger partial charge is 0.508 e. The molecule has 8 rings (SSSR count). The first-order valence-electron chi connectivity index (χ1n) is 16.8. The van der Waals surface area contributed by atoms with E-state index in [0.717, 1.165) is 19.4 Å². The van der Waals surface area contributed by atoms with E-state index in [-0.39, 0.29) is 57.5 Å². The number of rotatable bonds is 7. The number of thiazole rings is 1. The highest BCUT2D eigenvalue weighted by molar-refractivity contribution is 7.10. The van der Waals surface area contributed by atoms with Crippen molar-refractivity contribution in [3.05, 3.63) is 76.0 Å². The van der Waals surface area contributed by atoms with Crippen molar-refractivity contribution in [1.82, 2.24) is 24.8 Å². The van der Waals surface area contributed by atoms with Gasteiger partial charge in [-0.25, -0.2) is 18.2 Å². The number of benzene rings is 3. The zero-order valence-corrected chi connectivity index (χ0v) is 28.5. The molecule has 3 saturated heterocycles. The quantitative estimate of drug-likeness (QED) is 0.151. The predicted molar refractivity (Wildman–Crippen MR) is 190 cm³/mol. The SMILES string of the molecule is C#Cc1c(F)ccc2cc(O)cc(-c3ccc4c(N5CC6CCC(C5)N6C(=O)/C(F)=C/c5nccs5)nc(OC[C@@H]5CCCN5C)nc4c3F)c12. The number of phenolic OH excluding ortho intramolecular Hbond substituents is 1.